The lowest BCUT2D eigenvalue weighted by molar-refractivity contribution is -0.140. The molecule has 0 aliphatic rings. The molecule has 0 aliphatic heterocycles. The Morgan fingerprint density at radius 2 is 1.74 bits per heavy atom. The summed E-state index contributed by atoms with van der Waals surface area (Å²) in [5.74, 6) is 0.212. The lowest BCUT2D eigenvalue weighted by Crippen LogP contribution is -2.48. The van der Waals surface area contributed by atoms with Crippen LogP contribution in [0.15, 0.2) is 48.5 Å². The van der Waals surface area contributed by atoms with Crippen molar-refractivity contribution in [3.8, 4) is 5.75 Å². The first-order valence-electron chi connectivity index (χ1n) is 10.8. The van der Waals surface area contributed by atoms with Gasteiger partial charge in [0.1, 0.15) is 17.6 Å². The van der Waals surface area contributed by atoms with E-state index in [1.165, 1.54) is 11.0 Å². The topological polar surface area (TPSA) is 58.6 Å². The summed E-state index contributed by atoms with van der Waals surface area (Å²) in [6, 6.07) is 13.3. The van der Waals surface area contributed by atoms with Crippen molar-refractivity contribution in [1.29, 1.82) is 0 Å². The summed E-state index contributed by atoms with van der Waals surface area (Å²) in [6.07, 6.45) is 0.711. The SMILES string of the molecule is Cc1ccc(OCCCC(=O)N(Cc2ccccc2F)C(C)C(=O)NCC(C)C)cc1. The summed E-state index contributed by atoms with van der Waals surface area (Å²) in [5, 5.41) is 2.86. The number of halogens is 1. The third kappa shape index (κ3) is 8.04. The Labute approximate surface area is 184 Å². The van der Waals surface area contributed by atoms with E-state index < -0.39 is 11.9 Å². The van der Waals surface area contributed by atoms with Crippen LogP contribution in [-0.2, 0) is 16.1 Å². The van der Waals surface area contributed by atoms with Crippen LogP contribution in [-0.4, -0.2) is 35.9 Å². The molecule has 0 saturated heterocycles. The van der Waals surface area contributed by atoms with Gasteiger partial charge in [0, 0.05) is 25.1 Å². The standard InChI is InChI=1S/C25H33FN2O3/c1-18(2)16-27-25(30)20(4)28(17-21-8-5-6-9-23(21)26)24(29)10-7-15-31-22-13-11-19(3)12-14-22/h5-6,8-9,11-14,18,20H,7,10,15-17H2,1-4H3,(H,27,30). The van der Waals surface area contributed by atoms with E-state index in [0.717, 1.165) is 11.3 Å². The predicted molar refractivity (Wildman–Crippen MR) is 120 cm³/mol. The van der Waals surface area contributed by atoms with Crippen molar-refractivity contribution in [3.63, 3.8) is 0 Å². The summed E-state index contributed by atoms with van der Waals surface area (Å²) >= 11 is 0. The van der Waals surface area contributed by atoms with Gasteiger partial charge in [-0.2, -0.15) is 0 Å². The third-order valence-corrected chi connectivity index (χ3v) is 4.98. The molecule has 6 heteroatoms. The van der Waals surface area contributed by atoms with Crippen molar-refractivity contribution < 1.29 is 18.7 Å². The van der Waals surface area contributed by atoms with Crippen molar-refractivity contribution >= 4 is 11.8 Å². The first kappa shape index (κ1) is 24.4. The van der Waals surface area contributed by atoms with Crippen LogP contribution in [0.3, 0.4) is 0 Å². The second kappa shape index (κ2) is 12.1. The van der Waals surface area contributed by atoms with Gasteiger partial charge < -0.3 is 15.0 Å². The number of nitrogens with one attached hydrogen (secondary N) is 1. The monoisotopic (exact) mass is 428 g/mol. The van der Waals surface area contributed by atoms with Gasteiger partial charge in [-0.25, -0.2) is 4.39 Å². The summed E-state index contributed by atoms with van der Waals surface area (Å²) in [5.41, 5.74) is 1.53. The average Bonchev–Trinajstić information content (AvgIpc) is 2.75. The van der Waals surface area contributed by atoms with Gasteiger partial charge in [0.05, 0.1) is 6.61 Å². The van der Waals surface area contributed by atoms with Gasteiger partial charge in [0.2, 0.25) is 11.8 Å². The maximum absolute atomic E-state index is 14.2. The smallest absolute Gasteiger partial charge is 0.242 e. The van der Waals surface area contributed by atoms with Crippen LogP contribution < -0.4 is 10.1 Å². The molecule has 0 radical (unpaired) electrons. The maximum atomic E-state index is 14.2. The molecule has 1 unspecified atom stereocenters. The molecule has 0 heterocycles. The number of amides is 2. The fraction of sp³-hybridized carbons (Fsp3) is 0.440. The molecule has 31 heavy (non-hydrogen) atoms. The van der Waals surface area contributed by atoms with Gasteiger partial charge in [0.15, 0.2) is 0 Å². The van der Waals surface area contributed by atoms with Crippen LogP contribution >= 0.6 is 0 Å². The number of hydrogen-bond acceptors (Lipinski definition) is 3. The molecule has 2 amide bonds. The number of carbonyl (C=O) groups is 2. The highest BCUT2D eigenvalue weighted by atomic mass is 19.1. The van der Waals surface area contributed by atoms with E-state index in [4.69, 9.17) is 4.74 Å². The van der Waals surface area contributed by atoms with Crippen LogP contribution in [0.4, 0.5) is 4.39 Å². The van der Waals surface area contributed by atoms with Gasteiger partial charge in [-0.1, -0.05) is 49.7 Å². The Kier molecular flexibility index (Phi) is 9.50. The summed E-state index contributed by atoms with van der Waals surface area (Å²) in [7, 11) is 0. The number of aryl methyl sites for hydroxylation is 1. The minimum absolute atomic E-state index is 0.0423. The Bertz CT molecular complexity index is 852. The van der Waals surface area contributed by atoms with Gasteiger partial charge in [-0.05, 0) is 44.4 Å². The highest BCUT2D eigenvalue weighted by Gasteiger charge is 2.26. The molecule has 2 aromatic rings. The molecule has 0 bridgehead atoms. The Morgan fingerprint density at radius 3 is 2.39 bits per heavy atom. The average molecular weight is 429 g/mol. The summed E-state index contributed by atoms with van der Waals surface area (Å²) in [6.45, 7) is 8.64. The first-order valence-corrected chi connectivity index (χ1v) is 10.8. The molecule has 2 aromatic carbocycles. The summed E-state index contributed by atoms with van der Waals surface area (Å²) in [4.78, 5) is 27.0. The Hall–Kier alpha value is -2.89. The molecule has 1 atom stereocenters. The zero-order valence-corrected chi connectivity index (χ0v) is 18.9. The van der Waals surface area contributed by atoms with Crippen molar-refractivity contribution in [2.75, 3.05) is 13.2 Å². The van der Waals surface area contributed by atoms with Crippen LogP contribution in [0.2, 0.25) is 0 Å². The number of ether oxygens (including phenoxy) is 1. The molecule has 5 nitrogen and oxygen atoms in total. The van der Waals surface area contributed by atoms with E-state index in [0.29, 0.717) is 31.1 Å². The molecule has 0 spiro atoms. The highest BCUT2D eigenvalue weighted by molar-refractivity contribution is 5.87. The lowest BCUT2D eigenvalue weighted by Gasteiger charge is -2.29. The molecule has 1 N–H and O–H groups in total. The quantitative estimate of drug-likeness (QED) is 0.537. The molecule has 0 saturated carbocycles. The molecule has 2 rings (SSSR count). The van der Waals surface area contributed by atoms with E-state index in [9.17, 15) is 14.0 Å². The van der Waals surface area contributed by atoms with E-state index in [-0.39, 0.29) is 24.8 Å². The molecule has 168 valence electrons. The molecule has 0 fully saturated rings. The number of nitrogens with zero attached hydrogens (tertiary/aromatic N) is 1. The molecular formula is C25H33FN2O3. The van der Waals surface area contributed by atoms with Gasteiger partial charge in [-0.3, -0.25) is 9.59 Å². The summed E-state index contributed by atoms with van der Waals surface area (Å²) < 4.78 is 19.9. The normalized spacial score (nSPS) is 11.8. The second-order valence-corrected chi connectivity index (χ2v) is 8.19. The molecule has 0 aliphatic carbocycles. The zero-order valence-electron chi connectivity index (χ0n) is 18.9. The van der Waals surface area contributed by atoms with Gasteiger partial charge in [-0.15, -0.1) is 0 Å². The van der Waals surface area contributed by atoms with Crippen molar-refractivity contribution in [2.24, 2.45) is 5.92 Å². The van der Waals surface area contributed by atoms with Crippen molar-refractivity contribution in [1.82, 2.24) is 10.2 Å². The zero-order chi connectivity index (χ0) is 22.8. The number of carbonyl (C=O) groups excluding carboxylic acids is 2. The first-order chi connectivity index (χ1) is 14.8. The second-order valence-electron chi connectivity index (χ2n) is 8.19. The highest BCUT2D eigenvalue weighted by Crippen LogP contribution is 2.16. The number of rotatable bonds is 11. The van der Waals surface area contributed by atoms with Gasteiger partial charge >= 0.3 is 0 Å². The number of hydrogen-bond donors (Lipinski definition) is 1. The lowest BCUT2D eigenvalue weighted by atomic mass is 10.1. The van der Waals surface area contributed by atoms with Crippen LogP contribution in [0, 0.1) is 18.7 Å². The van der Waals surface area contributed by atoms with E-state index >= 15 is 0 Å². The van der Waals surface area contributed by atoms with E-state index in [1.807, 2.05) is 45.0 Å². The Balaban J connectivity index is 2.00. The molecular weight excluding hydrogens is 395 g/mol. The maximum Gasteiger partial charge on any atom is 0.242 e. The minimum Gasteiger partial charge on any atom is -0.494 e. The number of benzene rings is 2. The predicted octanol–water partition coefficient (Wildman–Crippen LogP) is 4.48. The fourth-order valence-electron chi connectivity index (χ4n) is 3.04. The molecule has 0 aromatic heterocycles. The Morgan fingerprint density at radius 1 is 1.06 bits per heavy atom. The van der Waals surface area contributed by atoms with Crippen molar-refractivity contribution in [3.05, 3.63) is 65.5 Å². The van der Waals surface area contributed by atoms with E-state index in [2.05, 4.69) is 5.32 Å². The van der Waals surface area contributed by atoms with Crippen LogP contribution in [0.1, 0.15) is 44.7 Å². The van der Waals surface area contributed by atoms with Gasteiger partial charge in [0.25, 0.3) is 0 Å². The van der Waals surface area contributed by atoms with Crippen molar-refractivity contribution in [2.45, 2.75) is 53.1 Å². The van der Waals surface area contributed by atoms with E-state index in [1.54, 1.807) is 25.1 Å². The minimum atomic E-state index is -0.705. The largest absolute Gasteiger partial charge is 0.494 e. The van der Waals surface area contributed by atoms with Crippen LogP contribution in [0.5, 0.6) is 5.75 Å². The van der Waals surface area contributed by atoms with Crippen LogP contribution in [0.25, 0.3) is 0 Å². The fourth-order valence-corrected chi connectivity index (χ4v) is 3.04. The third-order valence-electron chi connectivity index (χ3n) is 4.98.